The minimum absolute atomic E-state index is 0.241. The van der Waals surface area contributed by atoms with E-state index in [2.05, 4.69) is 0 Å². The van der Waals surface area contributed by atoms with E-state index in [1.54, 1.807) is 24.3 Å². The maximum absolute atomic E-state index is 13.8. The van der Waals surface area contributed by atoms with Crippen molar-refractivity contribution in [1.29, 1.82) is 0 Å². The van der Waals surface area contributed by atoms with E-state index < -0.39 is 32.5 Å². The second kappa shape index (κ2) is 6.14. The molecule has 0 amide bonds. The molecule has 5 nitrogen and oxygen atoms in total. The fraction of sp³-hybridized carbons (Fsp3) is 0. The molecule has 3 aromatic rings. The van der Waals surface area contributed by atoms with Gasteiger partial charge in [-0.05, 0) is 41.1 Å². The number of sulfonamides is 1. The summed E-state index contributed by atoms with van der Waals surface area (Å²) in [6.45, 7) is 0. The zero-order chi connectivity index (χ0) is 18.2. The van der Waals surface area contributed by atoms with Gasteiger partial charge in [0.2, 0.25) is 0 Å². The first kappa shape index (κ1) is 16.8. The van der Waals surface area contributed by atoms with Crippen LogP contribution in [0.5, 0.6) is 0 Å². The first-order valence-corrected chi connectivity index (χ1v) is 8.50. The van der Waals surface area contributed by atoms with Crippen LogP contribution in [0.4, 0.5) is 14.5 Å². The number of fused-ring (bicyclic) bond motifs is 1. The molecule has 0 aliphatic rings. The Morgan fingerprint density at radius 3 is 2.24 bits per heavy atom. The van der Waals surface area contributed by atoms with E-state index in [1.165, 1.54) is 12.1 Å². The Morgan fingerprint density at radius 1 is 0.960 bits per heavy atom. The van der Waals surface area contributed by atoms with Crippen molar-refractivity contribution in [2.24, 2.45) is 0 Å². The molecule has 0 spiro atoms. The summed E-state index contributed by atoms with van der Waals surface area (Å²) in [7, 11) is -4.52. The van der Waals surface area contributed by atoms with Crippen LogP contribution in [0.1, 0.15) is 10.4 Å². The van der Waals surface area contributed by atoms with E-state index in [4.69, 9.17) is 0 Å². The third-order valence-electron chi connectivity index (χ3n) is 3.54. The van der Waals surface area contributed by atoms with Crippen LogP contribution in [0, 0.1) is 11.6 Å². The number of rotatable bonds is 4. The molecule has 128 valence electrons. The fourth-order valence-electron chi connectivity index (χ4n) is 2.38. The van der Waals surface area contributed by atoms with Crippen molar-refractivity contribution in [2.45, 2.75) is 4.90 Å². The molecule has 3 aromatic carbocycles. The Balaban J connectivity index is 2.14. The van der Waals surface area contributed by atoms with Gasteiger partial charge in [0.05, 0.1) is 11.3 Å². The highest BCUT2D eigenvalue weighted by Gasteiger charge is 2.23. The smallest absolute Gasteiger partial charge is 0.337 e. The van der Waals surface area contributed by atoms with Crippen molar-refractivity contribution in [1.82, 2.24) is 0 Å². The van der Waals surface area contributed by atoms with Crippen LogP contribution in [0.2, 0.25) is 0 Å². The Bertz CT molecular complexity index is 1100. The molecule has 0 heterocycles. The molecule has 0 fully saturated rings. The van der Waals surface area contributed by atoms with Crippen molar-refractivity contribution in [3.8, 4) is 0 Å². The first-order valence-electron chi connectivity index (χ1n) is 7.02. The molecular weight excluding hydrogens is 352 g/mol. The number of nitrogens with one attached hydrogen (secondary N) is 1. The van der Waals surface area contributed by atoms with E-state index in [0.717, 1.165) is 6.07 Å². The summed E-state index contributed by atoms with van der Waals surface area (Å²) in [6.07, 6.45) is 0. The minimum Gasteiger partial charge on any atom is -0.478 e. The maximum atomic E-state index is 13.8. The summed E-state index contributed by atoms with van der Waals surface area (Å²) >= 11 is 0. The lowest BCUT2D eigenvalue weighted by atomic mass is 10.1. The Labute approximate surface area is 141 Å². The summed E-state index contributed by atoms with van der Waals surface area (Å²) in [5.74, 6) is -3.44. The predicted octanol–water partition coefficient (Wildman–Crippen LogP) is 3.62. The van der Waals surface area contributed by atoms with E-state index in [9.17, 15) is 27.1 Å². The van der Waals surface area contributed by atoms with Gasteiger partial charge in [-0.3, -0.25) is 4.72 Å². The average molecular weight is 363 g/mol. The average Bonchev–Trinajstić information content (AvgIpc) is 2.55. The predicted molar refractivity (Wildman–Crippen MR) is 88.1 cm³/mol. The van der Waals surface area contributed by atoms with Crippen molar-refractivity contribution >= 4 is 32.5 Å². The number of aromatic carboxylic acids is 1. The van der Waals surface area contributed by atoms with Gasteiger partial charge in [0, 0.05) is 0 Å². The van der Waals surface area contributed by atoms with Gasteiger partial charge in [0.15, 0.2) is 0 Å². The molecule has 8 heteroatoms. The number of halogens is 2. The molecule has 3 rings (SSSR count). The summed E-state index contributed by atoms with van der Waals surface area (Å²) < 4.78 is 53.8. The monoisotopic (exact) mass is 363 g/mol. The number of hydrogen-bond acceptors (Lipinski definition) is 3. The summed E-state index contributed by atoms with van der Waals surface area (Å²) in [6, 6.07) is 11.4. The summed E-state index contributed by atoms with van der Waals surface area (Å²) in [4.78, 5) is 10.5. The Hall–Kier alpha value is -3.00. The molecular formula is C17H11F2NO4S. The van der Waals surface area contributed by atoms with E-state index in [-0.39, 0.29) is 11.3 Å². The molecule has 0 aliphatic heterocycles. The molecule has 25 heavy (non-hydrogen) atoms. The van der Waals surface area contributed by atoms with Crippen LogP contribution >= 0.6 is 0 Å². The minimum atomic E-state index is -4.52. The fourth-order valence-corrected chi connectivity index (χ4v) is 3.55. The van der Waals surface area contributed by atoms with E-state index >= 15 is 0 Å². The van der Waals surface area contributed by atoms with Crippen LogP contribution in [-0.4, -0.2) is 19.5 Å². The number of carbonyl (C=O) groups is 1. The van der Waals surface area contributed by atoms with Crippen LogP contribution in [0.25, 0.3) is 10.8 Å². The Morgan fingerprint density at radius 2 is 1.60 bits per heavy atom. The van der Waals surface area contributed by atoms with Gasteiger partial charge in [-0.15, -0.1) is 0 Å². The van der Waals surface area contributed by atoms with Crippen LogP contribution in [0.3, 0.4) is 0 Å². The molecule has 0 aromatic heterocycles. The largest absolute Gasteiger partial charge is 0.478 e. The van der Waals surface area contributed by atoms with E-state index in [1.807, 2.05) is 4.72 Å². The lowest BCUT2D eigenvalue weighted by Crippen LogP contribution is -2.17. The van der Waals surface area contributed by atoms with Gasteiger partial charge >= 0.3 is 5.97 Å². The number of benzene rings is 3. The highest BCUT2D eigenvalue weighted by molar-refractivity contribution is 7.92. The zero-order valence-electron chi connectivity index (χ0n) is 12.5. The molecule has 0 aliphatic carbocycles. The second-order valence-electron chi connectivity index (χ2n) is 5.23. The maximum Gasteiger partial charge on any atom is 0.337 e. The summed E-state index contributed by atoms with van der Waals surface area (Å²) in [5.41, 5.74) is -0.547. The number of carboxylic acids is 1. The number of hydrogen-bond donors (Lipinski definition) is 2. The highest BCUT2D eigenvalue weighted by Crippen LogP contribution is 2.27. The standard InChI is InChI=1S/C17H11F2NO4S/c18-12-5-6-14(19)16(9-12)25(23,24)20-15-8-11-4-2-1-3-10(11)7-13(15)17(21)22/h1-9,20H,(H,21,22). The van der Waals surface area contributed by atoms with Crippen LogP contribution in [-0.2, 0) is 10.0 Å². The molecule has 0 unspecified atom stereocenters. The van der Waals surface area contributed by atoms with E-state index in [0.29, 0.717) is 22.9 Å². The topological polar surface area (TPSA) is 83.5 Å². The van der Waals surface area contributed by atoms with Gasteiger partial charge in [-0.2, -0.15) is 0 Å². The highest BCUT2D eigenvalue weighted by atomic mass is 32.2. The third kappa shape index (κ3) is 3.29. The number of anilines is 1. The van der Waals surface area contributed by atoms with Crippen molar-refractivity contribution in [2.75, 3.05) is 4.72 Å². The SMILES string of the molecule is O=C(O)c1cc2ccccc2cc1NS(=O)(=O)c1cc(F)ccc1F. The first-order chi connectivity index (χ1) is 11.8. The lowest BCUT2D eigenvalue weighted by Gasteiger charge is -2.12. The summed E-state index contributed by atoms with van der Waals surface area (Å²) in [5, 5.41) is 10.5. The molecule has 2 N–H and O–H groups in total. The van der Waals surface area contributed by atoms with Crippen molar-refractivity contribution in [3.05, 3.63) is 71.8 Å². The van der Waals surface area contributed by atoms with Gasteiger partial charge in [0.25, 0.3) is 10.0 Å². The van der Waals surface area contributed by atoms with Gasteiger partial charge in [0.1, 0.15) is 16.5 Å². The van der Waals surface area contributed by atoms with Crippen LogP contribution in [0.15, 0.2) is 59.5 Å². The molecule has 0 radical (unpaired) electrons. The van der Waals surface area contributed by atoms with Crippen molar-refractivity contribution < 1.29 is 27.1 Å². The normalized spacial score (nSPS) is 11.4. The molecule has 0 bridgehead atoms. The van der Waals surface area contributed by atoms with Crippen molar-refractivity contribution in [3.63, 3.8) is 0 Å². The van der Waals surface area contributed by atoms with Crippen LogP contribution < -0.4 is 4.72 Å². The number of carboxylic acid groups (broad SMARTS) is 1. The quantitative estimate of drug-likeness (QED) is 0.742. The van der Waals surface area contributed by atoms with Gasteiger partial charge in [-0.25, -0.2) is 22.0 Å². The van der Waals surface area contributed by atoms with Gasteiger partial charge < -0.3 is 5.11 Å². The van der Waals surface area contributed by atoms with Gasteiger partial charge in [-0.1, -0.05) is 24.3 Å². The molecule has 0 saturated carbocycles. The zero-order valence-corrected chi connectivity index (χ0v) is 13.3. The Kier molecular flexibility index (Phi) is 4.13. The third-order valence-corrected chi connectivity index (χ3v) is 4.92. The molecule has 0 atom stereocenters. The lowest BCUT2D eigenvalue weighted by molar-refractivity contribution is 0.0698. The molecule has 0 saturated heterocycles. The second-order valence-corrected chi connectivity index (χ2v) is 6.88.